The number of benzene rings is 10. The predicted molar refractivity (Wildman–Crippen MR) is 243 cm³/mol. The molecule has 0 N–H and O–H groups in total. The first-order valence-electron chi connectivity index (χ1n) is 19.6. The minimum absolute atomic E-state index is 0.129. The Hall–Kier alpha value is -6.54. The molecule has 1 heteroatoms. The summed E-state index contributed by atoms with van der Waals surface area (Å²) in [5.41, 5.74) is 13.1. The molecule has 0 spiro atoms. The smallest absolute Gasteiger partial charge is 0.0440 e. The summed E-state index contributed by atoms with van der Waals surface area (Å²) in [4.78, 5) is 0. The Balaban J connectivity index is 1.17. The quantitative estimate of drug-likeness (QED) is 0.159. The first-order chi connectivity index (χ1) is 27.5. The van der Waals surface area contributed by atoms with E-state index in [1.807, 2.05) is 11.3 Å². The molecule has 56 heavy (non-hydrogen) atoms. The molecular weight excluding hydrogens is 693 g/mol. The minimum Gasteiger partial charge on any atom is -0.134 e. The summed E-state index contributed by atoms with van der Waals surface area (Å²) < 4.78 is 2.70. The van der Waals surface area contributed by atoms with Crippen molar-refractivity contribution in [2.45, 2.75) is 19.3 Å². The number of thiophene rings is 1. The van der Waals surface area contributed by atoms with E-state index >= 15 is 0 Å². The topological polar surface area (TPSA) is 0 Å². The average molecular weight is 729 g/mol. The van der Waals surface area contributed by atoms with Crippen LogP contribution in [0.5, 0.6) is 0 Å². The maximum atomic E-state index is 2.54. The van der Waals surface area contributed by atoms with Gasteiger partial charge in [0.05, 0.1) is 0 Å². The molecule has 1 heterocycles. The first-order valence-corrected chi connectivity index (χ1v) is 20.4. The van der Waals surface area contributed by atoms with Gasteiger partial charge in [0.15, 0.2) is 0 Å². The molecular formula is C55H36S. The first kappa shape index (κ1) is 31.8. The van der Waals surface area contributed by atoms with E-state index < -0.39 is 0 Å². The third-order valence-electron chi connectivity index (χ3n) is 12.6. The summed E-state index contributed by atoms with van der Waals surface area (Å²) in [5.74, 6) is 0. The van der Waals surface area contributed by atoms with Gasteiger partial charge in [0, 0.05) is 31.2 Å². The molecule has 0 bridgehead atoms. The highest BCUT2D eigenvalue weighted by Crippen LogP contribution is 2.57. The monoisotopic (exact) mass is 728 g/mol. The van der Waals surface area contributed by atoms with Crippen LogP contribution in [0.4, 0.5) is 0 Å². The summed E-state index contributed by atoms with van der Waals surface area (Å²) >= 11 is 1.95. The largest absolute Gasteiger partial charge is 0.134 e. The van der Waals surface area contributed by atoms with Crippen molar-refractivity contribution in [2.75, 3.05) is 0 Å². The van der Waals surface area contributed by atoms with Crippen LogP contribution in [0.25, 0.3) is 108 Å². The van der Waals surface area contributed by atoms with Crippen LogP contribution in [0.1, 0.15) is 25.0 Å². The highest BCUT2D eigenvalue weighted by atomic mass is 32.1. The van der Waals surface area contributed by atoms with Crippen molar-refractivity contribution in [3.8, 4) is 44.5 Å². The van der Waals surface area contributed by atoms with Gasteiger partial charge in [0.2, 0.25) is 0 Å². The van der Waals surface area contributed by atoms with E-state index in [1.165, 1.54) is 119 Å². The summed E-state index contributed by atoms with van der Waals surface area (Å²) in [6.07, 6.45) is 0. The third-order valence-corrected chi connectivity index (χ3v) is 13.8. The van der Waals surface area contributed by atoms with E-state index in [2.05, 4.69) is 196 Å². The number of fused-ring (bicyclic) bond motifs is 11. The Labute approximate surface area is 329 Å². The van der Waals surface area contributed by atoms with Crippen molar-refractivity contribution in [1.82, 2.24) is 0 Å². The SMILES string of the molecule is CC1(C)c2ccccc2-c2c1cc1c(sc3ccc4ccccc4c31)c2-c1cccc(-c2c3ccccc3c(-c3ccc4ccccc4c3)c3ccccc23)c1. The molecule has 0 atom stereocenters. The second-order valence-electron chi connectivity index (χ2n) is 16.0. The van der Waals surface area contributed by atoms with E-state index in [1.54, 1.807) is 0 Å². The van der Waals surface area contributed by atoms with Crippen molar-refractivity contribution < 1.29 is 0 Å². The van der Waals surface area contributed by atoms with Crippen LogP contribution in [0.15, 0.2) is 182 Å². The molecule has 0 amide bonds. The fraction of sp³-hybridized carbons (Fsp3) is 0.0545. The number of hydrogen-bond donors (Lipinski definition) is 0. The Morgan fingerprint density at radius 1 is 0.357 bits per heavy atom. The minimum atomic E-state index is -0.129. The molecule has 10 aromatic carbocycles. The van der Waals surface area contributed by atoms with Gasteiger partial charge in [-0.15, -0.1) is 11.3 Å². The van der Waals surface area contributed by atoms with Crippen LogP contribution in [-0.2, 0) is 5.41 Å². The molecule has 0 aliphatic heterocycles. The third kappa shape index (κ3) is 4.41. The Morgan fingerprint density at radius 2 is 0.911 bits per heavy atom. The lowest BCUT2D eigenvalue weighted by atomic mass is 9.81. The maximum absolute atomic E-state index is 2.54. The van der Waals surface area contributed by atoms with Crippen LogP contribution in [0.3, 0.4) is 0 Å². The Kier molecular flexibility index (Phi) is 6.66. The van der Waals surface area contributed by atoms with Gasteiger partial charge in [-0.1, -0.05) is 172 Å². The molecule has 0 unspecified atom stereocenters. The summed E-state index contributed by atoms with van der Waals surface area (Å²) in [7, 11) is 0. The molecule has 1 aliphatic carbocycles. The molecule has 262 valence electrons. The summed E-state index contributed by atoms with van der Waals surface area (Å²) in [6, 6.07) is 68.2. The second kappa shape index (κ2) is 11.7. The van der Waals surface area contributed by atoms with Crippen LogP contribution in [0.2, 0.25) is 0 Å². The van der Waals surface area contributed by atoms with Crippen LogP contribution in [-0.4, -0.2) is 0 Å². The van der Waals surface area contributed by atoms with Gasteiger partial charge in [-0.3, -0.25) is 0 Å². The molecule has 0 fully saturated rings. The van der Waals surface area contributed by atoms with E-state index in [0.29, 0.717) is 0 Å². The second-order valence-corrected chi connectivity index (χ2v) is 17.0. The molecule has 0 radical (unpaired) electrons. The Morgan fingerprint density at radius 3 is 1.62 bits per heavy atom. The van der Waals surface area contributed by atoms with E-state index in [0.717, 1.165) is 0 Å². The normalized spacial score (nSPS) is 13.3. The van der Waals surface area contributed by atoms with E-state index in [-0.39, 0.29) is 5.41 Å². The predicted octanol–water partition coefficient (Wildman–Crippen LogP) is 16.0. The Bertz CT molecular complexity index is 3390. The van der Waals surface area contributed by atoms with Crippen molar-refractivity contribution >= 4 is 74.6 Å². The molecule has 0 saturated carbocycles. The zero-order chi connectivity index (χ0) is 37.1. The number of hydrogen-bond acceptors (Lipinski definition) is 1. The molecule has 1 aliphatic rings. The zero-order valence-corrected chi connectivity index (χ0v) is 32.0. The molecule has 1 aromatic heterocycles. The van der Waals surface area contributed by atoms with Gasteiger partial charge in [0.1, 0.15) is 0 Å². The summed E-state index contributed by atoms with van der Waals surface area (Å²) in [5, 5.41) is 13.0. The lowest BCUT2D eigenvalue weighted by Gasteiger charge is -2.22. The van der Waals surface area contributed by atoms with Gasteiger partial charge in [-0.05, 0) is 117 Å². The van der Waals surface area contributed by atoms with Crippen molar-refractivity contribution in [2.24, 2.45) is 0 Å². The fourth-order valence-electron chi connectivity index (χ4n) is 10.0. The lowest BCUT2D eigenvalue weighted by Crippen LogP contribution is -2.14. The van der Waals surface area contributed by atoms with Crippen LogP contribution < -0.4 is 0 Å². The van der Waals surface area contributed by atoms with E-state index in [4.69, 9.17) is 0 Å². The van der Waals surface area contributed by atoms with Crippen LogP contribution >= 0.6 is 11.3 Å². The fourth-order valence-corrected chi connectivity index (χ4v) is 11.3. The molecule has 12 rings (SSSR count). The average Bonchev–Trinajstić information content (AvgIpc) is 3.74. The zero-order valence-electron chi connectivity index (χ0n) is 31.2. The molecule has 0 nitrogen and oxygen atoms in total. The molecule has 11 aromatic rings. The van der Waals surface area contributed by atoms with E-state index in [9.17, 15) is 0 Å². The van der Waals surface area contributed by atoms with Crippen LogP contribution in [0, 0.1) is 0 Å². The maximum Gasteiger partial charge on any atom is 0.0440 e. The van der Waals surface area contributed by atoms with Crippen molar-refractivity contribution in [3.63, 3.8) is 0 Å². The van der Waals surface area contributed by atoms with Gasteiger partial charge in [-0.2, -0.15) is 0 Å². The standard InChI is InChI=1S/C55H36S/c1-55(2)46-25-12-11-24-44(46)53-47(55)32-45-52-39-19-6-5-15-34(39)28-29-48(52)56-54(45)51(53)37-18-13-17-36(31-37)49-40-20-7-9-22-42(40)50(43-23-10-8-21-41(43)49)38-27-26-33-14-3-4-16-35(33)30-38/h3-32H,1-2H3. The highest BCUT2D eigenvalue weighted by molar-refractivity contribution is 7.26. The van der Waals surface area contributed by atoms with Gasteiger partial charge in [0.25, 0.3) is 0 Å². The highest BCUT2D eigenvalue weighted by Gasteiger charge is 2.38. The number of rotatable bonds is 3. The van der Waals surface area contributed by atoms with Gasteiger partial charge in [-0.25, -0.2) is 0 Å². The van der Waals surface area contributed by atoms with Crippen molar-refractivity contribution in [1.29, 1.82) is 0 Å². The lowest BCUT2D eigenvalue weighted by molar-refractivity contribution is 0.661. The van der Waals surface area contributed by atoms with Gasteiger partial charge >= 0.3 is 0 Å². The van der Waals surface area contributed by atoms with Gasteiger partial charge < -0.3 is 0 Å². The van der Waals surface area contributed by atoms with Crippen molar-refractivity contribution in [3.05, 3.63) is 193 Å². The summed E-state index contributed by atoms with van der Waals surface area (Å²) in [6.45, 7) is 4.82. The molecule has 0 saturated heterocycles.